The molecule has 8 bridgehead atoms. The number of carbonyl (C=O) groups excluding carboxylic acids is 3. The number of hydrogen-bond acceptors (Lipinski definition) is 13. The molecule has 4 aromatic rings. The Morgan fingerprint density at radius 1 is 0.559 bits per heavy atom. The first kappa shape index (κ1) is 69.4. The van der Waals surface area contributed by atoms with E-state index in [4.69, 9.17) is 42.0 Å². The van der Waals surface area contributed by atoms with Crippen molar-refractivity contribution < 1.29 is 61.5 Å². The summed E-state index contributed by atoms with van der Waals surface area (Å²) >= 11 is 0. The lowest BCUT2D eigenvalue weighted by Gasteiger charge is -2.53. The van der Waals surface area contributed by atoms with Crippen molar-refractivity contribution in [2.24, 2.45) is 17.8 Å². The maximum Gasteiger partial charge on any atom is 0.407 e. The van der Waals surface area contributed by atoms with Crippen molar-refractivity contribution in [2.45, 2.75) is 267 Å². The van der Waals surface area contributed by atoms with Gasteiger partial charge in [-0.05, 0) is 125 Å². The Morgan fingerprint density at radius 2 is 1.08 bits per heavy atom. The van der Waals surface area contributed by atoms with Gasteiger partial charge >= 0.3 is 6.09 Å². The number of hydrogen-bond donors (Lipinski definition) is 2. The summed E-state index contributed by atoms with van der Waals surface area (Å²) in [6.45, 7) is 32.5. The Bertz CT molecular complexity index is 3120. The molecule has 0 aliphatic carbocycles. The highest BCUT2D eigenvalue weighted by molar-refractivity contribution is 7.00. The van der Waals surface area contributed by atoms with Gasteiger partial charge in [-0.2, -0.15) is 0 Å². The largest absolute Gasteiger partial charge is 0.444 e. The van der Waals surface area contributed by atoms with Crippen molar-refractivity contribution in [3.8, 4) is 0 Å². The number of aliphatic hydroxyl groups is 1. The normalized spacial score (nSPS) is 33.0. The van der Waals surface area contributed by atoms with E-state index < -0.39 is 99.4 Å². The molecule has 0 saturated carbocycles. The summed E-state index contributed by atoms with van der Waals surface area (Å²) in [5.74, 6) is -0.0549. The molecule has 93 heavy (non-hydrogen) atoms. The van der Waals surface area contributed by atoms with Gasteiger partial charge in [0, 0.05) is 45.1 Å². The summed E-state index contributed by atoms with van der Waals surface area (Å²) < 4.78 is 65.8. The van der Waals surface area contributed by atoms with Gasteiger partial charge < -0.3 is 52.4 Å². The number of aliphatic hydroxyl groups excluding tert-OH is 1. The van der Waals surface area contributed by atoms with E-state index in [0.29, 0.717) is 32.1 Å². The number of nitrogens with one attached hydrogen (secondary N) is 1. The Hall–Kier alpha value is -4.96. The average Bonchev–Trinajstić information content (AvgIpc) is 1.71. The lowest BCUT2D eigenvalue weighted by atomic mass is 9.78. The van der Waals surface area contributed by atoms with Gasteiger partial charge in [0.05, 0.1) is 61.0 Å². The van der Waals surface area contributed by atoms with Gasteiger partial charge in [-0.3, -0.25) is 9.59 Å². The van der Waals surface area contributed by atoms with Crippen molar-refractivity contribution >= 4 is 55.0 Å². The summed E-state index contributed by atoms with van der Waals surface area (Å²) in [5.41, 5.74) is 1.35. The third kappa shape index (κ3) is 15.1. The van der Waals surface area contributed by atoms with Crippen molar-refractivity contribution in [2.75, 3.05) is 6.54 Å². The molecular formula is C77H105NO13Si2. The molecule has 16 heteroatoms. The quantitative estimate of drug-likeness (QED) is 0.102. The molecule has 504 valence electrons. The zero-order valence-corrected chi connectivity index (χ0v) is 59.1. The Balaban J connectivity index is 0.986. The van der Waals surface area contributed by atoms with E-state index in [1.165, 1.54) is 0 Å². The van der Waals surface area contributed by atoms with Crippen LogP contribution in [0.15, 0.2) is 146 Å². The average molecular weight is 1310 g/mol. The molecular weight excluding hydrogens is 1200 g/mol. The van der Waals surface area contributed by atoms with E-state index in [1.54, 1.807) is 20.8 Å². The van der Waals surface area contributed by atoms with Crippen molar-refractivity contribution in [1.82, 2.24) is 5.32 Å². The third-order valence-corrected chi connectivity index (χ3v) is 31.4. The molecule has 2 N–H and O–H groups in total. The first-order valence-corrected chi connectivity index (χ1v) is 38.6. The Morgan fingerprint density at radius 3 is 1.63 bits per heavy atom. The van der Waals surface area contributed by atoms with Crippen LogP contribution < -0.4 is 26.1 Å². The molecule has 18 atom stereocenters. The number of Topliss-reactive ketones (excluding diaryl/α,β-unsaturated/α-hetero) is 2. The van der Waals surface area contributed by atoms with E-state index >= 15 is 9.59 Å². The van der Waals surface area contributed by atoms with E-state index in [2.05, 4.69) is 183 Å². The predicted molar refractivity (Wildman–Crippen MR) is 367 cm³/mol. The first-order valence-electron chi connectivity index (χ1n) is 34.8. The van der Waals surface area contributed by atoms with Crippen molar-refractivity contribution in [1.29, 1.82) is 0 Å². The van der Waals surface area contributed by atoms with Crippen LogP contribution >= 0.6 is 0 Å². The zero-order chi connectivity index (χ0) is 66.2. The van der Waals surface area contributed by atoms with Gasteiger partial charge in [-0.15, -0.1) is 0 Å². The molecule has 14 nitrogen and oxygen atoms in total. The maximum atomic E-state index is 15.3. The molecule has 7 aliphatic heterocycles. The fourth-order valence-corrected chi connectivity index (χ4v) is 26.1. The molecule has 0 radical (unpaired) electrons. The van der Waals surface area contributed by atoms with Crippen LogP contribution in [0.4, 0.5) is 4.79 Å². The highest BCUT2D eigenvalue weighted by Crippen LogP contribution is 2.50. The van der Waals surface area contributed by atoms with Gasteiger partial charge in [0.15, 0.2) is 0 Å². The fourth-order valence-electron chi connectivity index (χ4n) is 16.7. The van der Waals surface area contributed by atoms with E-state index in [0.717, 1.165) is 51.2 Å². The van der Waals surface area contributed by atoms with Crippen molar-refractivity contribution in [3.05, 3.63) is 146 Å². The number of alkyl carbamates (subject to hydrolysis) is 1. The summed E-state index contributed by atoms with van der Waals surface area (Å²) in [5, 5.41) is 17.8. The second-order valence-corrected chi connectivity index (χ2v) is 39.7. The maximum absolute atomic E-state index is 15.3. The van der Waals surface area contributed by atoms with E-state index in [1.807, 2.05) is 12.1 Å². The minimum atomic E-state index is -3.41. The third-order valence-electron chi connectivity index (χ3n) is 21.4. The Kier molecular flexibility index (Phi) is 21.4. The Labute approximate surface area is 555 Å². The molecule has 7 aliphatic rings. The number of ether oxygens (including phenoxy) is 7. The van der Waals surface area contributed by atoms with Crippen LogP contribution in [0.5, 0.6) is 0 Å². The molecule has 7 saturated heterocycles. The minimum absolute atomic E-state index is 0.0130. The summed E-state index contributed by atoms with van der Waals surface area (Å²) in [6.07, 6.45) is -2.15. The van der Waals surface area contributed by atoms with E-state index in [9.17, 15) is 9.90 Å². The van der Waals surface area contributed by atoms with Gasteiger partial charge in [0.1, 0.15) is 47.7 Å². The van der Waals surface area contributed by atoms with Gasteiger partial charge in [0.2, 0.25) is 0 Å². The van der Waals surface area contributed by atoms with Gasteiger partial charge in [-0.1, -0.05) is 190 Å². The number of ketones is 2. The fraction of sp³-hybridized carbons (Fsp3) is 0.597. The summed E-state index contributed by atoms with van der Waals surface area (Å²) in [6, 6.07) is 42.5. The topological polar surface area (TPSA) is 167 Å². The van der Waals surface area contributed by atoms with Crippen molar-refractivity contribution in [3.63, 3.8) is 0 Å². The lowest BCUT2D eigenvalue weighted by Crippen LogP contribution is -2.73. The lowest BCUT2D eigenvalue weighted by molar-refractivity contribution is -0.254. The highest BCUT2D eigenvalue weighted by atomic mass is 28.4. The summed E-state index contributed by atoms with van der Waals surface area (Å²) in [4.78, 5) is 43.1. The molecule has 0 spiro atoms. The number of rotatable bonds is 12. The van der Waals surface area contributed by atoms with Crippen LogP contribution in [0.2, 0.25) is 10.1 Å². The minimum Gasteiger partial charge on any atom is -0.444 e. The number of benzene rings is 4. The molecule has 7 fully saturated rings. The van der Waals surface area contributed by atoms with Gasteiger partial charge in [0.25, 0.3) is 16.6 Å². The van der Waals surface area contributed by atoms with Crippen LogP contribution in [0.1, 0.15) is 160 Å². The number of carbonyl (C=O) groups is 3. The van der Waals surface area contributed by atoms with Crippen LogP contribution in [-0.4, -0.2) is 143 Å². The molecule has 7 heterocycles. The molecule has 11 rings (SSSR count). The molecule has 1 amide bonds. The monoisotopic (exact) mass is 1310 g/mol. The first-order chi connectivity index (χ1) is 44.2. The second kappa shape index (κ2) is 28.6. The highest BCUT2D eigenvalue weighted by Gasteiger charge is 2.65. The molecule has 4 aromatic carbocycles. The van der Waals surface area contributed by atoms with Crippen LogP contribution in [0.25, 0.3) is 0 Å². The summed E-state index contributed by atoms with van der Waals surface area (Å²) in [7, 11) is -6.76. The number of fused-ring (bicyclic) bond motifs is 7. The zero-order valence-electron chi connectivity index (χ0n) is 57.1. The van der Waals surface area contributed by atoms with E-state index in [-0.39, 0.29) is 98.5 Å². The van der Waals surface area contributed by atoms with Crippen LogP contribution in [0, 0.1) is 17.8 Å². The van der Waals surface area contributed by atoms with Crippen LogP contribution in [-0.2, 0) is 51.6 Å². The van der Waals surface area contributed by atoms with Gasteiger partial charge in [-0.25, -0.2) is 4.79 Å². The SMILES string of the molecule is C=C1C[C@@H]2CCC(=O)C[C@H]3O[C@H]4[C@@H](O[Si](c5ccccc5)(c5ccccc5)C(C)(C)C)[C@H]5O[C@H](CC[C@@H]5O[C@H]4[C@H]3O[Si](c3ccccc3)(c3ccccc3)C(C)(C)C)CC(=O)C[C@H]3C(C[C@H]4O[C@@H](CCC1O2)C[C@@H](C)C4=C)O[C@H](C[C@H](O)CNC(=O)OC(C)(C)C)[C@@H]3C. The van der Waals surface area contributed by atoms with Crippen LogP contribution in [0.3, 0.4) is 0 Å². The number of amides is 1. The smallest absolute Gasteiger partial charge is 0.407 e. The molecule has 0 aromatic heterocycles. The molecule has 2 unspecified atom stereocenters. The second-order valence-electron chi connectivity index (χ2n) is 31.2. The standard InChI is InChI=1S/C77H105NO13Si2/c1-48-40-56-36-38-63-49(2)41-55(83-63)35-34-52(79)44-68-70(90-92(76(8,9)10,58-26-18-14-19-27-58)59-28-20-15-21-29-59)71-72(88-68)73(91-93(77(11,12)13,60-30-22-16-23-31-60)61-32-24-17-25-33-61)69-64(87-71)39-37-57(85-69)42-53(80)43-62-51(4)65(86-67(62)46-66(84-56)50(48)3)45-54(81)47-78-74(82)89-75(5,6)7/h14-33,48,51,54-57,62-73,81H,2-3,34-47H2,1,4-13H3,(H,78,82)/t48-,51-,54+,55+,56+,57-,62-,63?,64+,65-,66-,67?,68-,69+,70+,71+,72-,73+/m1/s1. The predicted octanol–water partition coefficient (Wildman–Crippen LogP) is 11.6.